The largest absolute Gasteiger partial charge is 0.337 e. The Balaban J connectivity index is 0.00000280. The lowest BCUT2D eigenvalue weighted by atomic mass is 10.0. The minimum Gasteiger partial charge on any atom is -0.337 e. The van der Waals surface area contributed by atoms with Gasteiger partial charge in [-0.15, -0.1) is 12.4 Å². The van der Waals surface area contributed by atoms with Gasteiger partial charge in [-0.25, -0.2) is 8.42 Å². The van der Waals surface area contributed by atoms with E-state index in [-0.39, 0.29) is 29.3 Å². The van der Waals surface area contributed by atoms with Crippen LogP contribution in [0.1, 0.15) is 34.3 Å². The third-order valence-corrected chi connectivity index (χ3v) is 6.18. The average molecular weight is 424 g/mol. The normalized spacial score (nSPS) is 17.0. The molecule has 1 heterocycles. The molecule has 28 heavy (non-hydrogen) atoms. The molecule has 1 aliphatic heterocycles. The minimum absolute atomic E-state index is 0. The second-order valence-electron chi connectivity index (χ2n) is 7.10. The number of likely N-dealkylation sites (tertiary alicyclic amines) is 1. The summed E-state index contributed by atoms with van der Waals surface area (Å²) in [5, 5.41) is 0. The molecule has 0 aliphatic carbocycles. The molecule has 3 rings (SSSR count). The Morgan fingerprint density at radius 2 is 1.82 bits per heavy atom. The molecule has 8 heteroatoms. The number of aryl methyl sites for hydroxylation is 2. The zero-order valence-electron chi connectivity index (χ0n) is 16.0. The zero-order chi connectivity index (χ0) is 19.6. The maximum absolute atomic E-state index is 12.9. The number of nitrogens with two attached hydrogens (primary N) is 1. The smallest absolute Gasteiger partial charge is 0.261 e. The van der Waals surface area contributed by atoms with Crippen LogP contribution >= 0.6 is 12.4 Å². The molecular formula is C20H26ClN3O3S. The summed E-state index contributed by atoms with van der Waals surface area (Å²) in [5.74, 6) is -0.171. The first kappa shape index (κ1) is 22.2. The van der Waals surface area contributed by atoms with E-state index < -0.39 is 10.0 Å². The summed E-state index contributed by atoms with van der Waals surface area (Å²) in [4.78, 5) is 14.7. The number of hydrogen-bond acceptors (Lipinski definition) is 4. The number of benzene rings is 2. The fraction of sp³-hybridized carbons (Fsp3) is 0.350. The molecule has 6 nitrogen and oxygen atoms in total. The van der Waals surface area contributed by atoms with E-state index in [1.807, 2.05) is 19.1 Å². The fourth-order valence-corrected chi connectivity index (χ4v) is 4.28. The SMILES string of the molecule is Cc1ccc(NS(=O)(=O)c2ccc(C)c(C(=O)N3CCCC(N)C3)c2)cc1.Cl. The second-order valence-corrected chi connectivity index (χ2v) is 8.78. The van der Waals surface area contributed by atoms with Crippen LogP contribution in [0, 0.1) is 13.8 Å². The Kier molecular flexibility index (Phi) is 7.09. The summed E-state index contributed by atoms with van der Waals surface area (Å²) >= 11 is 0. The molecular weight excluding hydrogens is 398 g/mol. The zero-order valence-corrected chi connectivity index (χ0v) is 17.6. The first-order valence-electron chi connectivity index (χ1n) is 9.01. The van der Waals surface area contributed by atoms with E-state index in [0.29, 0.717) is 24.3 Å². The van der Waals surface area contributed by atoms with E-state index >= 15 is 0 Å². The highest BCUT2D eigenvalue weighted by atomic mass is 35.5. The molecule has 152 valence electrons. The lowest BCUT2D eigenvalue weighted by Gasteiger charge is -2.31. The van der Waals surface area contributed by atoms with Crippen LogP contribution < -0.4 is 10.5 Å². The predicted octanol–water partition coefficient (Wildman–Crippen LogP) is 3.09. The number of sulfonamides is 1. The second kappa shape index (κ2) is 8.94. The minimum atomic E-state index is -3.79. The van der Waals surface area contributed by atoms with Gasteiger partial charge in [-0.1, -0.05) is 23.8 Å². The van der Waals surface area contributed by atoms with Crippen LogP contribution in [-0.2, 0) is 10.0 Å². The third-order valence-electron chi connectivity index (χ3n) is 4.80. The van der Waals surface area contributed by atoms with E-state index in [4.69, 9.17) is 5.73 Å². The maximum atomic E-state index is 12.9. The first-order valence-corrected chi connectivity index (χ1v) is 10.5. The van der Waals surface area contributed by atoms with Crippen molar-refractivity contribution >= 4 is 34.0 Å². The highest BCUT2D eigenvalue weighted by Crippen LogP contribution is 2.22. The summed E-state index contributed by atoms with van der Waals surface area (Å²) in [6.07, 6.45) is 1.76. The lowest BCUT2D eigenvalue weighted by molar-refractivity contribution is 0.0708. The van der Waals surface area contributed by atoms with Crippen LogP contribution in [0.25, 0.3) is 0 Å². The molecule has 2 aromatic rings. The summed E-state index contributed by atoms with van der Waals surface area (Å²) < 4.78 is 28.1. The van der Waals surface area contributed by atoms with Gasteiger partial charge in [-0.2, -0.15) is 0 Å². The predicted molar refractivity (Wildman–Crippen MR) is 114 cm³/mol. The Bertz CT molecular complexity index is 946. The van der Waals surface area contributed by atoms with E-state index in [9.17, 15) is 13.2 Å². The van der Waals surface area contributed by atoms with Crippen molar-refractivity contribution in [3.05, 3.63) is 59.2 Å². The monoisotopic (exact) mass is 423 g/mol. The van der Waals surface area contributed by atoms with Gasteiger partial charge >= 0.3 is 0 Å². The highest BCUT2D eigenvalue weighted by Gasteiger charge is 2.25. The summed E-state index contributed by atoms with van der Waals surface area (Å²) in [6, 6.07) is 11.7. The topological polar surface area (TPSA) is 92.5 Å². The summed E-state index contributed by atoms with van der Waals surface area (Å²) in [5.41, 5.74) is 8.64. The summed E-state index contributed by atoms with van der Waals surface area (Å²) in [6.45, 7) is 4.88. The van der Waals surface area contributed by atoms with Crippen LogP contribution in [-0.4, -0.2) is 38.4 Å². The number of anilines is 1. The van der Waals surface area contributed by atoms with Crippen molar-refractivity contribution in [1.29, 1.82) is 0 Å². The van der Waals surface area contributed by atoms with Crippen LogP contribution in [0.2, 0.25) is 0 Å². The Hall–Kier alpha value is -2.09. The van der Waals surface area contributed by atoms with Crippen LogP contribution in [0.4, 0.5) is 5.69 Å². The Morgan fingerprint density at radius 3 is 2.46 bits per heavy atom. The molecule has 1 fully saturated rings. The van der Waals surface area contributed by atoms with Gasteiger partial charge in [0.25, 0.3) is 15.9 Å². The van der Waals surface area contributed by atoms with Crippen molar-refractivity contribution in [3.8, 4) is 0 Å². The fourth-order valence-electron chi connectivity index (χ4n) is 3.20. The molecule has 0 saturated carbocycles. The molecule has 0 spiro atoms. The van der Waals surface area contributed by atoms with E-state index in [2.05, 4.69) is 4.72 Å². The maximum Gasteiger partial charge on any atom is 0.261 e. The number of carbonyl (C=O) groups excluding carboxylic acids is 1. The first-order chi connectivity index (χ1) is 12.8. The molecule has 1 saturated heterocycles. The van der Waals surface area contributed by atoms with E-state index in [1.54, 1.807) is 30.0 Å². The number of hydrogen-bond donors (Lipinski definition) is 2. The number of nitrogens with zero attached hydrogens (tertiary/aromatic N) is 1. The Labute approximate surface area is 172 Å². The van der Waals surface area contributed by atoms with Crippen LogP contribution in [0.3, 0.4) is 0 Å². The van der Waals surface area contributed by atoms with Crippen molar-refractivity contribution < 1.29 is 13.2 Å². The van der Waals surface area contributed by atoms with Gasteiger partial charge in [0, 0.05) is 30.4 Å². The van der Waals surface area contributed by atoms with Crippen LogP contribution in [0.5, 0.6) is 0 Å². The summed E-state index contributed by atoms with van der Waals surface area (Å²) in [7, 11) is -3.79. The van der Waals surface area contributed by atoms with Crippen molar-refractivity contribution in [1.82, 2.24) is 4.90 Å². The van der Waals surface area contributed by atoms with Crippen molar-refractivity contribution in [2.24, 2.45) is 5.73 Å². The van der Waals surface area contributed by atoms with Crippen molar-refractivity contribution in [2.75, 3.05) is 17.8 Å². The van der Waals surface area contributed by atoms with Gasteiger partial charge in [0.15, 0.2) is 0 Å². The molecule has 0 radical (unpaired) electrons. The van der Waals surface area contributed by atoms with E-state index in [1.165, 1.54) is 12.1 Å². The van der Waals surface area contributed by atoms with E-state index in [0.717, 1.165) is 24.0 Å². The number of halogens is 1. The number of carbonyl (C=O) groups is 1. The van der Waals surface area contributed by atoms with Gasteiger partial charge in [-0.05, 0) is 56.5 Å². The molecule has 1 atom stereocenters. The number of amides is 1. The Morgan fingerprint density at radius 1 is 1.14 bits per heavy atom. The highest BCUT2D eigenvalue weighted by molar-refractivity contribution is 7.92. The molecule has 1 unspecified atom stereocenters. The van der Waals surface area contributed by atoms with Gasteiger partial charge in [0.05, 0.1) is 4.90 Å². The molecule has 1 aliphatic rings. The number of piperidine rings is 1. The average Bonchev–Trinajstić information content (AvgIpc) is 2.63. The quantitative estimate of drug-likeness (QED) is 0.790. The van der Waals surface area contributed by atoms with Crippen molar-refractivity contribution in [2.45, 2.75) is 37.6 Å². The van der Waals surface area contributed by atoms with Gasteiger partial charge in [0.2, 0.25) is 0 Å². The molecule has 0 aromatic heterocycles. The molecule has 3 N–H and O–H groups in total. The molecule has 2 aromatic carbocycles. The number of rotatable bonds is 4. The lowest BCUT2D eigenvalue weighted by Crippen LogP contribution is -2.45. The van der Waals surface area contributed by atoms with Crippen molar-refractivity contribution in [3.63, 3.8) is 0 Å². The third kappa shape index (κ3) is 5.04. The van der Waals surface area contributed by atoms with Gasteiger partial charge in [0.1, 0.15) is 0 Å². The van der Waals surface area contributed by atoms with Gasteiger partial charge < -0.3 is 10.6 Å². The molecule has 1 amide bonds. The number of nitrogens with one attached hydrogen (secondary N) is 1. The van der Waals surface area contributed by atoms with Crippen LogP contribution in [0.15, 0.2) is 47.4 Å². The molecule has 0 bridgehead atoms. The standard InChI is InChI=1S/C20H25N3O3S.ClH/c1-14-5-8-17(9-6-14)22-27(25,26)18-10-7-15(2)19(12-18)20(24)23-11-3-4-16(21)13-23;/h5-10,12,16,22H,3-4,11,13,21H2,1-2H3;1H. The van der Waals surface area contributed by atoms with Gasteiger partial charge in [-0.3, -0.25) is 9.52 Å².